The fourth-order valence-electron chi connectivity index (χ4n) is 3.05. The number of aromatic nitrogens is 3. The predicted molar refractivity (Wildman–Crippen MR) is 94.4 cm³/mol. The molecule has 0 unspecified atom stereocenters. The molecule has 2 rings (SSSR count). The Morgan fingerprint density at radius 2 is 1.65 bits per heavy atom. The van der Waals surface area contributed by atoms with Gasteiger partial charge in [-0.3, -0.25) is 13.9 Å². The predicted octanol–water partition coefficient (Wildman–Crippen LogP) is 1.82. The first-order valence-corrected chi connectivity index (χ1v) is 8.30. The summed E-state index contributed by atoms with van der Waals surface area (Å²) in [5.41, 5.74) is 1.84. The van der Waals surface area contributed by atoms with Crippen LogP contribution in [0.4, 0.5) is 5.69 Å². The minimum atomic E-state index is -0.345. The van der Waals surface area contributed by atoms with E-state index in [-0.39, 0.29) is 11.2 Å². The third-order valence-electron chi connectivity index (χ3n) is 4.20. The van der Waals surface area contributed by atoms with Crippen LogP contribution in [0.3, 0.4) is 0 Å². The zero-order valence-corrected chi connectivity index (χ0v) is 14.7. The maximum atomic E-state index is 12.8. The van der Waals surface area contributed by atoms with E-state index >= 15 is 0 Å². The van der Waals surface area contributed by atoms with Crippen LogP contribution in [0.15, 0.2) is 15.8 Å². The van der Waals surface area contributed by atoms with Crippen LogP contribution in [0.5, 0.6) is 0 Å². The summed E-state index contributed by atoms with van der Waals surface area (Å²) in [6, 6.07) is 0. The molecule has 6 heteroatoms. The molecule has 0 atom stereocenters. The Balaban J connectivity index is 2.95. The van der Waals surface area contributed by atoms with Gasteiger partial charge in [0.1, 0.15) is 5.39 Å². The van der Waals surface area contributed by atoms with E-state index in [4.69, 9.17) is 0 Å². The Morgan fingerprint density at radius 3 is 2.17 bits per heavy atom. The number of rotatable bonds is 6. The minimum absolute atomic E-state index is 0.266. The molecule has 0 saturated carbocycles. The first-order valence-electron chi connectivity index (χ1n) is 8.30. The van der Waals surface area contributed by atoms with Crippen LogP contribution in [0, 0.1) is 0 Å². The summed E-state index contributed by atoms with van der Waals surface area (Å²) in [7, 11) is 3.19. The standard InChI is InChI=1S/C17H26N4O2/c1-6-9-21(10-7-2)14-12(8-3)11-18-15-13(14)16(22)20(5)17(23)19(15)4/h11H,6-10H2,1-5H3. The van der Waals surface area contributed by atoms with Crippen LogP contribution in [0.1, 0.15) is 39.2 Å². The number of pyridine rings is 1. The second-order valence-corrected chi connectivity index (χ2v) is 5.88. The lowest BCUT2D eigenvalue weighted by Gasteiger charge is -2.27. The fraction of sp³-hybridized carbons (Fsp3) is 0.588. The van der Waals surface area contributed by atoms with E-state index in [1.807, 2.05) is 0 Å². The van der Waals surface area contributed by atoms with Crippen molar-refractivity contribution < 1.29 is 0 Å². The van der Waals surface area contributed by atoms with Crippen molar-refractivity contribution in [2.75, 3.05) is 18.0 Å². The molecule has 0 aliphatic carbocycles. The monoisotopic (exact) mass is 318 g/mol. The van der Waals surface area contributed by atoms with Gasteiger partial charge in [-0.15, -0.1) is 0 Å². The lowest BCUT2D eigenvalue weighted by Crippen LogP contribution is -2.39. The van der Waals surface area contributed by atoms with Crippen molar-refractivity contribution in [2.24, 2.45) is 14.1 Å². The number of aryl methyl sites for hydroxylation is 2. The second-order valence-electron chi connectivity index (χ2n) is 5.88. The molecule has 0 radical (unpaired) electrons. The molecule has 0 spiro atoms. The van der Waals surface area contributed by atoms with Gasteiger partial charge in [0.25, 0.3) is 5.56 Å². The van der Waals surface area contributed by atoms with E-state index < -0.39 is 0 Å². The second kappa shape index (κ2) is 6.98. The molecule has 0 bridgehead atoms. The van der Waals surface area contributed by atoms with Crippen molar-refractivity contribution in [2.45, 2.75) is 40.0 Å². The van der Waals surface area contributed by atoms with Gasteiger partial charge < -0.3 is 4.90 Å². The van der Waals surface area contributed by atoms with Gasteiger partial charge in [0.2, 0.25) is 0 Å². The highest BCUT2D eigenvalue weighted by atomic mass is 16.2. The number of hydrogen-bond donors (Lipinski definition) is 0. The maximum Gasteiger partial charge on any atom is 0.332 e. The summed E-state index contributed by atoms with van der Waals surface area (Å²) < 4.78 is 2.62. The SMILES string of the molecule is CCCN(CCC)c1c(CC)cnc2c1c(=O)n(C)c(=O)n2C. The third kappa shape index (κ3) is 2.90. The summed E-state index contributed by atoms with van der Waals surface area (Å²) in [6.45, 7) is 8.09. The van der Waals surface area contributed by atoms with Crippen LogP contribution in [-0.4, -0.2) is 27.2 Å². The number of fused-ring (bicyclic) bond motifs is 1. The highest BCUT2D eigenvalue weighted by molar-refractivity contribution is 5.90. The van der Waals surface area contributed by atoms with Crippen LogP contribution < -0.4 is 16.1 Å². The molecule has 2 aromatic heterocycles. The first kappa shape index (κ1) is 17.2. The summed E-state index contributed by atoms with van der Waals surface area (Å²) >= 11 is 0. The van der Waals surface area contributed by atoms with Crippen molar-refractivity contribution >= 4 is 16.7 Å². The minimum Gasteiger partial charge on any atom is -0.371 e. The topological polar surface area (TPSA) is 60.1 Å². The van der Waals surface area contributed by atoms with Gasteiger partial charge in [0, 0.05) is 33.4 Å². The van der Waals surface area contributed by atoms with E-state index in [0.717, 1.165) is 43.6 Å². The molecule has 2 heterocycles. The van der Waals surface area contributed by atoms with E-state index in [0.29, 0.717) is 11.0 Å². The molecule has 2 aromatic rings. The van der Waals surface area contributed by atoms with Crippen LogP contribution in [0.25, 0.3) is 11.0 Å². The molecule has 6 nitrogen and oxygen atoms in total. The van der Waals surface area contributed by atoms with Crippen molar-refractivity contribution in [3.05, 3.63) is 32.6 Å². The van der Waals surface area contributed by atoms with E-state index in [9.17, 15) is 9.59 Å². The molecule has 0 amide bonds. The Bertz CT molecular complexity index is 814. The summed E-state index contributed by atoms with van der Waals surface area (Å²) in [4.78, 5) is 31.6. The van der Waals surface area contributed by atoms with E-state index in [1.165, 1.54) is 16.2 Å². The van der Waals surface area contributed by atoms with Gasteiger partial charge in [0.15, 0.2) is 5.65 Å². The summed E-state index contributed by atoms with van der Waals surface area (Å²) in [5, 5.41) is 0.552. The van der Waals surface area contributed by atoms with Crippen LogP contribution in [-0.2, 0) is 20.5 Å². The molecule has 0 aliphatic rings. The zero-order chi connectivity index (χ0) is 17.1. The summed E-state index contributed by atoms with van der Waals surface area (Å²) in [5.74, 6) is 0. The average Bonchev–Trinajstić information content (AvgIpc) is 2.56. The van der Waals surface area contributed by atoms with Gasteiger partial charge in [-0.25, -0.2) is 9.78 Å². The lowest BCUT2D eigenvalue weighted by molar-refractivity contribution is 0.702. The third-order valence-corrected chi connectivity index (χ3v) is 4.20. The summed E-state index contributed by atoms with van der Waals surface area (Å²) in [6.07, 6.45) is 4.60. The average molecular weight is 318 g/mol. The van der Waals surface area contributed by atoms with Crippen LogP contribution in [0.2, 0.25) is 0 Å². The number of nitrogens with zero attached hydrogens (tertiary/aromatic N) is 4. The van der Waals surface area contributed by atoms with Gasteiger partial charge in [-0.2, -0.15) is 0 Å². The highest BCUT2D eigenvalue weighted by Crippen LogP contribution is 2.27. The molecule has 0 aromatic carbocycles. The molecule has 0 N–H and O–H groups in total. The Kier molecular flexibility index (Phi) is 5.23. The number of hydrogen-bond acceptors (Lipinski definition) is 4. The normalized spacial score (nSPS) is 11.2. The van der Waals surface area contributed by atoms with E-state index in [1.54, 1.807) is 13.2 Å². The molecule has 0 fully saturated rings. The Hall–Kier alpha value is -2.11. The number of anilines is 1. The maximum absolute atomic E-state index is 12.8. The Morgan fingerprint density at radius 1 is 1.04 bits per heavy atom. The van der Waals surface area contributed by atoms with Crippen molar-refractivity contribution in [1.82, 2.24) is 14.1 Å². The largest absolute Gasteiger partial charge is 0.371 e. The zero-order valence-electron chi connectivity index (χ0n) is 14.7. The smallest absolute Gasteiger partial charge is 0.332 e. The molecule has 23 heavy (non-hydrogen) atoms. The first-order chi connectivity index (χ1) is 11.0. The van der Waals surface area contributed by atoms with Crippen molar-refractivity contribution in [1.29, 1.82) is 0 Å². The van der Waals surface area contributed by atoms with Crippen molar-refractivity contribution in [3.63, 3.8) is 0 Å². The van der Waals surface area contributed by atoms with Gasteiger partial charge in [-0.05, 0) is 24.8 Å². The van der Waals surface area contributed by atoms with Crippen LogP contribution >= 0.6 is 0 Å². The molecular weight excluding hydrogens is 292 g/mol. The van der Waals surface area contributed by atoms with Gasteiger partial charge in [0.05, 0.1) is 5.69 Å². The highest BCUT2D eigenvalue weighted by Gasteiger charge is 2.20. The van der Waals surface area contributed by atoms with E-state index in [2.05, 4.69) is 30.7 Å². The Labute approximate surface area is 136 Å². The van der Waals surface area contributed by atoms with Crippen molar-refractivity contribution in [3.8, 4) is 0 Å². The molecule has 0 aliphatic heterocycles. The van der Waals surface area contributed by atoms with Gasteiger partial charge >= 0.3 is 5.69 Å². The molecular formula is C17H26N4O2. The molecule has 0 saturated heterocycles. The fourth-order valence-corrected chi connectivity index (χ4v) is 3.05. The lowest BCUT2D eigenvalue weighted by atomic mass is 10.1. The van der Waals surface area contributed by atoms with Gasteiger partial charge in [-0.1, -0.05) is 20.8 Å². The molecule has 126 valence electrons. The quantitative estimate of drug-likeness (QED) is 0.815.